The third-order valence-corrected chi connectivity index (χ3v) is 5.38. The van der Waals surface area contributed by atoms with E-state index < -0.39 is 5.66 Å². The van der Waals surface area contributed by atoms with E-state index in [-0.39, 0.29) is 12.0 Å². The summed E-state index contributed by atoms with van der Waals surface area (Å²) in [6, 6.07) is 18.1. The number of anilines is 1. The molecule has 0 radical (unpaired) electrons. The topological polar surface area (TPSA) is 41.6 Å². The highest BCUT2D eigenvalue weighted by Crippen LogP contribution is 2.40. The van der Waals surface area contributed by atoms with Crippen LogP contribution in [0.1, 0.15) is 42.1 Å². The number of fused-ring (bicyclic) bond motifs is 1. The van der Waals surface area contributed by atoms with Gasteiger partial charge in [0.1, 0.15) is 5.66 Å². The summed E-state index contributed by atoms with van der Waals surface area (Å²) in [6.07, 6.45) is 2.98. The molecule has 0 aromatic heterocycles. The molecule has 4 nitrogen and oxygen atoms in total. The maximum atomic E-state index is 13.4. The van der Waals surface area contributed by atoms with Gasteiger partial charge >= 0.3 is 0 Å². The van der Waals surface area contributed by atoms with Crippen molar-refractivity contribution in [3.63, 3.8) is 0 Å². The third-order valence-electron chi connectivity index (χ3n) is 5.38. The molecule has 1 amide bonds. The van der Waals surface area contributed by atoms with Gasteiger partial charge in [-0.2, -0.15) is 0 Å². The second-order valence-corrected chi connectivity index (χ2v) is 6.80. The molecular formula is C21H24N2O2. The summed E-state index contributed by atoms with van der Waals surface area (Å²) in [4.78, 5) is 15.4. The summed E-state index contributed by atoms with van der Waals surface area (Å²) in [5.74, 6) is 0.0792. The molecule has 4 heteroatoms. The van der Waals surface area contributed by atoms with Crippen molar-refractivity contribution in [1.29, 1.82) is 0 Å². The number of nitrogens with one attached hydrogen (secondary N) is 1. The highest BCUT2D eigenvalue weighted by atomic mass is 16.5. The number of nitrogens with zero attached hydrogens (tertiary/aromatic N) is 1. The number of carbonyl (C=O) groups is 1. The number of hydrogen-bond acceptors (Lipinski definition) is 3. The van der Waals surface area contributed by atoms with Crippen molar-refractivity contribution >= 4 is 11.6 Å². The van der Waals surface area contributed by atoms with Crippen LogP contribution in [0.2, 0.25) is 0 Å². The SMILES string of the molecule is CCC1(c2ccccc2)Nc2ccccc2C(=O)N1CC1CCCO1. The molecule has 2 unspecified atom stereocenters. The maximum Gasteiger partial charge on any atom is 0.258 e. The Morgan fingerprint density at radius 2 is 1.92 bits per heavy atom. The number of hydrogen-bond donors (Lipinski definition) is 1. The number of rotatable bonds is 4. The van der Waals surface area contributed by atoms with E-state index in [2.05, 4.69) is 24.4 Å². The van der Waals surface area contributed by atoms with Crippen LogP contribution in [0.4, 0.5) is 5.69 Å². The van der Waals surface area contributed by atoms with Gasteiger partial charge in [-0.3, -0.25) is 4.79 Å². The molecule has 0 saturated carbocycles. The van der Waals surface area contributed by atoms with Gasteiger partial charge in [-0.05, 0) is 37.0 Å². The molecule has 130 valence electrons. The zero-order chi connectivity index (χ0) is 17.3. The van der Waals surface area contributed by atoms with Crippen LogP contribution in [0, 0.1) is 0 Å². The standard InChI is InChI=1S/C21H24N2O2/c1-2-21(16-9-4-3-5-10-16)22-19-13-7-6-12-18(19)20(24)23(21)15-17-11-8-14-25-17/h3-7,9-10,12-13,17,22H,2,8,11,14-15H2,1H3. The molecule has 2 aliphatic rings. The average Bonchev–Trinajstić information content (AvgIpc) is 3.18. The van der Waals surface area contributed by atoms with Gasteiger partial charge in [-0.25, -0.2) is 0 Å². The van der Waals surface area contributed by atoms with Crippen LogP contribution in [0.5, 0.6) is 0 Å². The zero-order valence-corrected chi connectivity index (χ0v) is 14.6. The van der Waals surface area contributed by atoms with E-state index in [4.69, 9.17) is 4.74 Å². The lowest BCUT2D eigenvalue weighted by Crippen LogP contribution is -2.59. The van der Waals surface area contributed by atoms with Crippen LogP contribution in [0.3, 0.4) is 0 Å². The van der Waals surface area contributed by atoms with Gasteiger partial charge in [-0.1, -0.05) is 49.4 Å². The molecule has 1 saturated heterocycles. The summed E-state index contributed by atoms with van der Waals surface area (Å²) in [5, 5.41) is 3.68. The van der Waals surface area contributed by atoms with Crippen LogP contribution < -0.4 is 5.32 Å². The first-order valence-corrected chi connectivity index (χ1v) is 9.11. The van der Waals surface area contributed by atoms with Gasteiger partial charge in [0, 0.05) is 18.8 Å². The minimum atomic E-state index is -0.543. The summed E-state index contributed by atoms with van der Waals surface area (Å²) in [5.41, 5.74) is 2.21. The number of carbonyl (C=O) groups excluding carboxylic acids is 1. The van der Waals surface area contributed by atoms with E-state index in [9.17, 15) is 4.79 Å². The molecule has 2 aromatic rings. The van der Waals surface area contributed by atoms with Crippen LogP contribution in [-0.4, -0.2) is 30.1 Å². The molecular weight excluding hydrogens is 312 g/mol. The van der Waals surface area contributed by atoms with Crippen LogP contribution in [-0.2, 0) is 10.4 Å². The summed E-state index contributed by atoms with van der Waals surface area (Å²) in [6.45, 7) is 3.54. The average molecular weight is 336 g/mol. The Bertz CT molecular complexity index is 756. The summed E-state index contributed by atoms with van der Waals surface area (Å²) in [7, 11) is 0. The fourth-order valence-corrected chi connectivity index (χ4v) is 4.04. The van der Waals surface area contributed by atoms with Crippen molar-refractivity contribution in [2.75, 3.05) is 18.5 Å². The third kappa shape index (κ3) is 2.71. The molecule has 0 bridgehead atoms. The monoisotopic (exact) mass is 336 g/mol. The van der Waals surface area contributed by atoms with E-state index >= 15 is 0 Å². The van der Waals surface area contributed by atoms with Crippen molar-refractivity contribution in [2.45, 2.75) is 38.0 Å². The first kappa shape index (κ1) is 16.2. The highest BCUT2D eigenvalue weighted by Gasteiger charge is 2.45. The van der Waals surface area contributed by atoms with Gasteiger partial charge in [0.25, 0.3) is 5.91 Å². The van der Waals surface area contributed by atoms with Gasteiger partial charge in [-0.15, -0.1) is 0 Å². The lowest BCUT2D eigenvalue weighted by molar-refractivity contribution is 0.0187. The van der Waals surface area contributed by atoms with E-state index in [1.54, 1.807) is 0 Å². The van der Waals surface area contributed by atoms with Crippen molar-refractivity contribution in [3.8, 4) is 0 Å². The number of para-hydroxylation sites is 1. The number of ether oxygens (including phenoxy) is 1. The largest absolute Gasteiger partial charge is 0.376 e. The van der Waals surface area contributed by atoms with E-state index in [1.165, 1.54) is 0 Å². The predicted molar refractivity (Wildman–Crippen MR) is 98.5 cm³/mol. The molecule has 2 heterocycles. The Hall–Kier alpha value is -2.33. The Morgan fingerprint density at radius 1 is 1.16 bits per heavy atom. The van der Waals surface area contributed by atoms with Gasteiger partial charge in [0.2, 0.25) is 0 Å². The summed E-state index contributed by atoms with van der Waals surface area (Å²) < 4.78 is 5.84. The van der Waals surface area contributed by atoms with Gasteiger partial charge in [0.15, 0.2) is 0 Å². The van der Waals surface area contributed by atoms with Crippen molar-refractivity contribution in [2.24, 2.45) is 0 Å². The predicted octanol–water partition coefficient (Wildman–Crippen LogP) is 4.00. The highest BCUT2D eigenvalue weighted by molar-refractivity contribution is 6.02. The maximum absolute atomic E-state index is 13.4. The Balaban J connectivity index is 1.81. The van der Waals surface area contributed by atoms with Crippen LogP contribution >= 0.6 is 0 Å². The Morgan fingerprint density at radius 3 is 2.64 bits per heavy atom. The van der Waals surface area contributed by atoms with Crippen LogP contribution in [0.25, 0.3) is 0 Å². The Labute approximate surface area is 148 Å². The molecule has 4 rings (SSSR count). The Kier molecular flexibility index (Phi) is 4.22. The minimum absolute atomic E-state index is 0.0792. The minimum Gasteiger partial charge on any atom is -0.376 e. The second kappa shape index (κ2) is 6.52. The molecule has 2 aromatic carbocycles. The molecule has 2 aliphatic heterocycles. The second-order valence-electron chi connectivity index (χ2n) is 6.80. The van der Waals surface area contributed by atoms with Crippen molar-refractivity contribution in [1.82, 2.24) is 4.90 Å². The van der Waals surface area contributed by atoms with Crippen molar-refractivity contribution in [3.05, 3.63) is 65.7 Å². The molecule has 0 aliphatic carbocycles. The van der Waals surface area contributed by atoms with E-state index in [0.29, 0.717) is 6.54 Å². The zero-order valence-electron chi connectivity index (χ0n) is 14.6. The molecule has 1 N–H and O–H groups in total. The number of benzene rings is 2. The normalized spacial score (nSPS) is 25.6. The molecule has 2 atom stereocenters. The van der Waals surface area contributed by atoms with E-state index in [0.717, 1.165) is 42.7 Å². The van der Waals surface area contributed by atoms with E-state index in [1.807, 2.05) is 47.4 Å². The quantitative estimate of drug-likeness (QED) is 0.918. The lowest BCUT2D eigenvalue weighted by Gasteiger charge is -2.49. The fourth-order valence-electron chi connectivity index (χ4n) is 4.04. The molecule has 0 spiro atoms. The van der Waals surface area contributed by atoms with Gasteiger partial charge in [0.05, 0.1) is 11.7 Å². The number of amides is 1. The van der Waals surface area contributed by atoms with Gasteiger partial charge < -0.3 is 15.0 Å². The fraction of sp³-hybridized carbons (Fsp3) is 0.381. The molecule has 1 fully saturated rings. The lowest BCUT2D eigenvalue weighted by atomic mass is 9.89. The molecule has 25 heavy (non-hydrogen) atoms. The van der Waals surface area contributed by atoms with Crippen LogP contribution in [0.15, 0.2) is 54.6 Å². The smallest absolute Gasteiger partial charge is 0.258 e. The summed E-state index contributed by atoms with van der Waals surface area (Å²) >= 11 is 0. The van der Waals surface area contributed by atoms with Crippen molar-refractivity contribution < 1.29 is 9.53 Å². The first-order chi connectivity index (χ1) is 12.2. The first-order valence-electron chi connectivity index (χ1n) is 9.11.